The molecule has 0 spiro atoms. The highest BCUT2D eigenvalue weighted by molar-refractivity contribution is 6.42. The van der Waals surface area contributed by atoms with Crippen LogP contribution in [0.4, 0.5) is 5.69 Å². The van der Waals surface area contributed by atoms with Crippen molar-refractivity contribution in [2.24, 2.45) is 0 Å². The second-order valence-electron chi connectivity index (χ2n) is 5.70. The zero-order chi connectivity index (χ0) is 17.7. The summed E-state index contributed by atoms with van der Waals surface area (Å²) in [4.78, 5) is 12.5. The van der Waals surface area contributed by atoms with Crippen LogP contribution in [0.25, 0.3) is 0 Å². The molecule has 0 saturated carbocycles. The van der Waals surface area contributed by atoms with Crippen LogP contribution in [-0.2, 0) is 4.79 Å². The Morgan fingerprint density at radius 1 is 1.12 bits per heavy atom. The Labute approximate surface area is 152 Å². The van der Waals surface area contributed by atoms with Crippen molar-refractivity contribution in [3.8, 4) is 5.75 Å². The number of hydrogen-bond acceptors (Lipinski definition) is 2. The van der Waals surface area contributed by atoms with Crippen LogP contribution in [0.5, 0.6) is 5.75 Å². The summed E-state index contributed by atoms with van der Waals surface area (Å²) in [5, 5.41) is 3.64. The van der Waals surface area contributed by atoms with Gasteiger partial charge in [0.2, 0.25) is 0 Å². The third-order valence-corrected chi connectivity index (χ3v) is 4.75. The molecule has 2 aromatic rings. The molecule has 1 amide bonds. The first-order valence-corrected chi connectivity index (χ1v) is 8.70. The van der Waals surface area contributed by atoms with E-state index in [0.29, 0.717) is 21.7 Å². The van der Waals surface area contributed by atoms with Gasteiger partial charge in [0.05, 0.1) is 5.02 Å². The largest absolute Gasteiger partial charge is 0.479 e. The minimum absolute atomic E-state index is 0.234. The van der Waals surface area contributed by atoms with Gasteiger partial charge in [-0.3, -0.25) is 4.79 Å². The smallest absolute Gasteiger partial charge is 0.265 e. The number of hydrogen-bond donors (Lipinski definition) is 1. The first kappa shape index (κ1) is 18.6. The number of benzene rings is 2. The fourth-order valence-electron chi connectivity index (χ4n) is 2.31. The molecule has 5 heteroatoms. The molecule has 0 bridgehead atoms. The van der Waals surface area contributed by atoms with Gasteiger partial charge in [0, 0.05) is 5.69 Å². The zero-order valence-corrected chi connectivity index (χ0v) is 15.5. The normalized spacial score (nSPS) is 13.2. The summed E-state index contributed by atoms with van der Waals surface area (Å²) in [6, 6.07) is 12.9. The third-order valence-electron chi connectivity index (χ3n) is 3.95. The van der Waals surface area contributed by atoms with E-state index in [2.05, 4.69) is 19.2 Å². The van der Waals surface area contributed by atoms with Crippen LogP contribution >= 0.6 is 23.2 Å². The summed E-state index contributed by atoms with van der Waals surface area (Å²) in [5.74, 6) is 0.518. The first-order valence-electron chi connectivity index (χ1n) is 7.94. The van der Waals surface area contributed by atoms with Crippen LogP contribution in [0, 0.1) is 0 Å². The maximum Gasteiger partial charge on any atom is 0.265 e. The highest BCUT2D eigenvalue weighted by Crippen LogP contribution is 2.32. The van der Waals surface area contributed by atoms with E-state index in [1.807, 2.05) is 24.3 Å². The molecule has 0 radical (unpaired) electrons. The van der Waals surface area contributed by atoms with Gasteiger partial charge < -0.3 is 10.1 Å². The summed E-state index contributed by atoms with van der Waals surface area (Å²) in [6.07, 6.45) is 0.294. The van der Waals surface area contributed by atoms with Crippen molar-refractivity contribution < 1.29 is 9.53 Å². The lowest BCUT2D eigenvalue weighted by molar-refractivity contribution is -0.122. The number of amides is 1. The molecule has 2 atom stereocenters. The van der Waals surface area contributed by atoms with E-state index >= 15 is 0 Å². The van der Waals surface area contributed by atoms with Gasteiger partial charge in [-0.25, -0.2) is 0 Å². The lowest BCUT2D eigenvalue weighted by Crippen LogP contribution is -2.30. The standard InChI is InChI=1S/C19H21Cl2NO2/c1-4-12(2)14-8-5-6-10-16(14)22-19(23)13(3)24-17-11-7-9-15(20)18(17)21/h5-13H,4H2,1-3H3,(H,22,23)/t12-,13+/m0/s1. The number of carbonyl (C=O) groups is 1. The highest BCUT2D eigenvalue weighted by atomic mass is 35.5. The van der Waals surface area contributed by atoms with E-state index < -0.39 is 6.10 Å². The van der Waals surface area contributed by atoms with Crippen molar-refractivity contribution in [2.75, 3.05) is 5.32 Å². The van der Waals surface area contributed by atoms with E-state index in [9.17, 15) is 4.79 Å². The number of nitrogens with one attached hydrogen (secondary N) is 1. The number of anilines is 1. The van der Waals surface area contributed by atoms with Gasteiger partial charge in [-0.2, -0.15) is 0 Å². The molecule has 0 unspecified atom stereocenters. The number of rotatable bonds is 6. The summed E-state index contributed by atoms with van der Waals surface area (Å²) < 4.78 is 5.66. The topological polar surface area (TPSA) is 38.3 Å². The van der Waals surface area contributed by atoms with Crippen LogP contribution in [0.1, 0.15) is 38.7 Å². The van der Waals surface area contributed by atoms with E-state index in [1.54, 1.807) is 25.1 Å². The quantitative estimate of drug-likeness (QED) is 0.690. The maximum atomic E-state index is 12.5. The predicted molar refractivity (Wildman–Crippen MR) is 100 cm³/mol. The second-order valence-corrected chi connectivity index (χ2v) is 6.48. The molecule has 0 saturated heterocycles. The fourth-order valence-corrected chi connectivity index (χ4v) is 2.65. The van der Waals surface area contributed by atoms with Crippen molar-refractivity contribution in [3.05, 3.63) is 58.1 Å². The number of halogens is 2. The van der Waals surface area contributed by atoms with E-state index in [0.717, 1.165) is 17.7 Å². The maximum absolute atomic E-state index is 12.5. The van der Waals surface area contributed by atoms with E-state index in [1.165, 1.54) is 0 Å². The van der Waals surface area contributed by atoms with Crippen LogP contribution < -0.4 is 10.1 Å². The summed E-state index contributed by atoms with van der Waals surface area (Å²) in [7, 11) is 0. The minimum atomic E-state index is -0.703. The minimum Gasteiger partial charge on any atom is -0.479 e. The van der Waals surface area contributed by atoms with E-state index in [-0.39, 0.29) is 5.91 Å². The van der Waals surface area contributed by atoms with Crippen LogP contribution in [0.3, 0.4) is 0 Å². The zero-order valence-electron chi connectivity index (χ0n) is 14.0. The van der Waals surface area contributed by atoms with Gasteiger partial charge in [0.15, 0.2) is 6.10 Å². The van der Waals surface area contributed by atoms with Gasteiger partial charge in [-0.05, 0) is 43.0 Å². The molecule has 0 heterocycles. The lowest BCUT2D eigenvalue weighted by Gasteiger charge is -2.19. The average molecular weight is 366 g/mol. The number of para-hydroxylation sites is 1. The van der Waals surface area contributed by atoms with Gasteiger partial charge in [-0.1, -0.05) is 61.3 Å². The molecule has 3 nitrogen and oxygen atoms in total. The third kappa shape index (κ3) is 4.43. The summed E-state index contributed by atoms with van der Waals surface area (Å²) in [6.45, 7) is 5.94. The summed E-state index contributed by atoms with van der Waals surface area (Å²) in [5.41, 5.74) is 1.92. The lowest BCUT2D eigenvalue weighted by atomic mass is 9.97. The molecule has 2 aromatic carbocycles. The molecule has 128 valence electrons. The Bertz CT molecular complexity index is 718. The molecular weight excluding hydrogens is 345 g/mol. The van der Waals surface area contributed by atoms with Crippen molar-refractivity contribution in [3.63, 3.8) is 0 Å². The molecule has 0 aliphatic carbocycles. The SMILES string of the molecule is CC[C@H](C)c1ccccc1NC(=O)[C@@H](C)Oc1cccc(Cl)c1Cl. The van der Waals surface area contributed by atoms with Gasteiger partial charge in [-0.15, -0.1) is 0 Å². The Morgan fingerprint density at radius 3 is 2.54 bits per heavy atom. The number of ether oxygens (including phenoxy) is 1. The first-order chi connectivity index (χ1) is 11.4. The Hall–Kier alpha value is -1.71. The fraction of sp³-hybridized carbons (Fsp3) is 0.316. The van der Waals surface area contributed by atoms with Gasteiger partial charge in [0.25, 0.3) is 5.91 Å². The predicted octanol–water partition coefficient (Wildman–Crippen LogP) is 5.91. The Kier molecular flexibility index (Phi) is 6.52. The second kappa shape index (κ2) is 8.41. The molecule has 0 fully saturated rings. The van der Waals surface area contributed by atoms with Gasteiger partial charge >= 0.3 is 0 Å². The molecule has 0 aliphatic rings. The molecule has 2 rings (SSSR count). The van der Waals surface area contributed by atoms with Crippen molar-refractivity contribution >= 4 is 34.8 Å². The van der Waals surface area contributed by atoms with Crippen LogP contribution in [0.15, 0.2) is 42.5 Å². The average Bonchev–Trinajstić information content (AvgIpc) is 2.58. The van der Waals surface area contributed by atoms with Crippen molar-refractivity contribution in [2.45, 2.75) is 39.2 Å². The molecule has 0 aromatic heterocycles. The van der Waals surface area contributed by atoms with Crippen molar-refractivity contribution in [1.29, 1.82) is 0 Å². The molecule has 0 aliphatic heterocycles. The number of carbonyl (C=O) groups excluding carboxylic acids is 1. The van der Waals surface area contributed by atoms with E-state index in [4.69, 9.17) is 27.9 Å². The summed E-state index contributed by atoms with van der Waals surface area (Å²) >= 11 is 12.1. The van der Waals surface area contributed by atoms with Gasteiger partial charge in [0.1, 0.15) is 10.8 Å². The monoisotopic (exact) mass is 365 g/mol. The molecule has 24 heavy (non-hydrogen) atoms. The Balaban J connectivity index is 2.11. The molecule has 1 N–H and O–H groups in total. The highest BCUT2D eigenvalue weighted by Gasteiger charge is 2.19. The van der Waals surface area contributed by atoms with Crippen LogP contribution in [0.2, 0.25) is 10.0 Å². The van der Waals surface area contributed by atoms with Crippen molar-refractivity contribution in [1.82, 2.24) is 0 Å². The molecular formula is C19H21Cl2NO2. The van der Waals surface area contributed by atoms with Crippen LogP contribution in [-0.4, -0.2) is 12.0 Å². The Morgan fingerprint density at radius 2 is 1.83 bits per heavy atom.